The van der Waals surface area contributed by atoms with Gasteiger partial charge in [0, 0.05) is 12.8 Å². The molecule has 0 aromatic heterocycles. The summed E-state index contributed by atoms with van der Waals surface area (Å²) in [6, 6.07) is 0. The van der Waals surface area contributed by atoms with Crippen molar-refractivity contribution in [3.8, 4) is 0 Å². The summed E-state index contributed by atoms with van der Waals surface area (Å²) in [4.78, 5) is 35.7. The summed E-state index contributed by atoms with van der Waals surface area (Å²) in [6.07, 6.45) is 37.4. The SMILES string of the molecule is CCCCC/C=C\C/C=C\C/C=C\C=C\[C@@H](O)CCCC(=O)OC[C@H](COP(=O)(O)OC1[C@H](O)[C@H](O)C(O)[C@H](O)[C@H]1O)OC(=O)CC/C=C\C/C=C\C/C=C\C/C=C\C/C=C\CCCCC. The van der Waals surface area contributed by atoms with Crippen LogP contribution in [-0.2, 0) is 32.7 Å². The first-order chi connectivity index (χ1) is 31.8. The van der Waals surface area contributed by atoms with Crippen molar-refractivity contribution in [1.29, 1.82) is 0 Å². The lowest BCUT2D eigenvalue weighted by molar-refractivity contribution is -0.220. The summed E-state index contributed by atoms with van der Waals surface area (Å²) >= 11 is 0. The van der Waals surface area contributed by atoms with Crippen LogP contribution in [0.15, 0.2) is 109 Å². The Labute approximate surface area is 394 Å². The number of phosphoric ester groups is 1. The van der Waals surface area contributed by atoms with Gasteiger partial charge in [-0.2, -0.15) is 0 Å². The number of rotatable bonds is 37. The monoisotopic (exact) mass is 949 g/mol. The van der Waals surface area contributed by atoms with E-state index < -0.39 is 81.8 Å². The van der Waals surface area contributed by atoms with Crippen molar-refractivity contribution in [2.45, 2.75) is 185 Å². The highest BCUT2D eigenvalue weighted by molar-refractivity contribution is 7.47. The summed E-state index contributed by atoms with van der Waals surface area (Å²) < 4.78 is 33.3. The van der Waals surface area contributed by atoms with Crippen molar-refractivity contribution in [3.05, 3.63) is 109 Å². The van der Waals surface area contributed by atoms with Crippen LogP contribution in [0.3, 0.4) is 0 Å². The molecule has 66 heavy (non-hydrogen) atoms. The van der Waals surface area contributed by atoms with Gasteiger partial charge in [-0.05, 0) is 83.5 Å². The molecule has 0 amide bonds. The zero-order chi connectivity index (χ0) is 48.7. The zero-order valence-electron chi connectivity index (χ0n) is 39.3. The molecule has 1 aliphatic rings. The number of phosphoric acid groups is 1. The van der Waals surface area contributed by atoms with Crippen molar-refractivity contribution in [3.63, 3.8) is 0 Å². The third-order valence-electron chi connectivity index (χ3n) is 10.2. The normalized spacial score (nSPS) is 22.7. The van der Waals surface area contributed by atoms with E-state index in [0.717, 1.165) is 44.9 Å². The standard InChI is InChI=1S/C51H81O14P/c1-3-5-7-9-11-13-15-17-18-19-20-21-22-24-26-28-30-32-34-38-45(54)64-43(41-63-66(60,61)65-51-49(58)47(56)46(55)48(57)50(51)59)40-62-44(53)39-35-37-42(52)36-33-31-29-27-25-23-16-14-12-10-8-6-4-2/h11-14,17-18,20-21,23-26,29-33,36,42-43,46-52,55-59H,3-10,15-16,19,22,27-28,34-35,37-41H2,1-2H3,(H,60,61)/b13-11-,14-12-,18-17-,21-20-,25-23-,26-24-,31-29-,32-30-,36-33+/t42-,43-,46?,47-,48+,49-,50-,51?/m1/s1. The number of unbranched alkanes of at least 4 members (excludes halogenated alkanes) is 6. The van der Waals surface area contributed by atoms with E-state index in [0.29, 0.717) is 12.8 Å². The second-order valence-corrected chi connectivity index (χ2v) is 17.5. The Bertz CT molecular complexity index is 1580. The average Bonchev–Trinajstić information content (AvgIpc) is 3.29. The van der Waals surface area contributed by atoms with Crippen molar-refractivity contribution >= 4 is 19.8 Å². The summed E-state index contributed by atoms with van der Waals surface area (Å²) in [5, 5.41) is 60.5. The van der Waals surface area contributed by atoms with E-state index in [1.165, 1.54) is 38.5 Å². The molecule has 0 bridgehead atoms. The van der Waals surface area contributed by atoms with Crippen LogP contribution >= 0.6 is 7.82 Å². The molecule has 0 heterocycles. The molecule has 9 atom stereocenters. The van der Waals surface area contributed by atoms with Gasteiger partial charge in [-0.15, -0.1) is 0 Å². The van der Waals surface area contributed by atoms with Crippen LogP contribution in [-0.4, -0.2) is 110 Å². The van der Waals surface area contributed by atoms with Crippen molar-refractivity contribution in [1.82, 2.24) is 0 Å². The summed E-state index contributed by atoms with van der Waals surface area (Å²) in [7, 11) is -5.19. The summed E-state index contributed by atoms with van der Waals surface area (Å²) in [5.41, 5.74) is 0. The second-order valence-electron chi connectivity index (χ2n) is 16.1. The maximum absolute atomic E-state index is 12.8. The van der Waals surface area contributed by atoms with E-state index in [1.54, 1.807) is 18.2 Å². The molecule has 7 N–H and O–H groups in total. The van der Waals surface area contributed by atoms with Gasteiger partial charge in [-0.25, -0.2) is 4.57 Å². The largest absolute Gasteiger partial charge is 0.472 e. The Morgan fingerprint density at radius 1 is 0.545 bits per heavy atom. The predicted octanol–water partition coefficient (Wildman–Crippen LogP) is 8.58. The molecule has 3 unspecified atom stereocenters. The van der Waals surface area contributed by atoms with Gasteiger partial charge in [0.2, 0.25) is 0 Å². The minimum absolute atomic E-state index is 0.0738. The van der Waals surface area contributed by atoms with E-state index >= 15 is 0 Å². The van der Waals surface area contributed by atoms with E-state index in [1.807, 2.05) is 30.4 Å². The minimum atomic E-state index is -5.19. The number of allylic oxidation sites excluding steroid dienone is 17. The molecule has 1 fully saturated rings. The van der Waals surface area contributed by atoms with Gasteiger partial charge in [-0.1, -0.05) is 149 Å². The molecular weight excluding hydrogens is 868 g/mol. The van der Waals surface area contributed by atoms with Gasteiger partial charge in [0.25, 0.3) is 0 Å². The van der Waals surface area contributed by atoms with E-state index in [2.05, 4.69) is 74.6 Å². The first kappa shape index (κ1) is 60.5. The third kappa shape index (κ3) is 31.4. The Balaban J connectivity index is 2.60. The van der Waals surface area contributed by atoms with E-state index in [9.17, 15) is 49.7 Å². The molecule has 15 heteroatoms. The van der Waals surface area contributed by atoms with Crippen LogP contribution < -0.4 is 0 Å². The van der Waals surface area contributed by atoms with Gasteiger partial charge in [0.05, 0.1) is 12.7 Å². The molecule has 0 aromatic rings. The van der Waals surface area contributed by atoms with Crippen LogP contribution in [0.5, 0.6) is 0 Å². The fraction of sp³-hybridized carbons (Fsp3) is 0.608. The highest BCUT2D eigenvalue weighted by Gasteiger charge is 2.51. The van der Waals surface area contributed by atoms with Crippen LogP contribution in [0, 0.1) is 0 Å². The average molecular weight is 949 g/mol. The first-order valence-electron chi connectivity index (χ1n) is 23.8. The van der Waals surface area contributed by atoms with Gasteiger partial charge >= 0.3 is 19.8 Å². The number of hydrogen-bond donors (Lipinski definition) is 7. The molecule has 14 nitrogen and oxygen atoms in total. The summed E-state index contributed by atoms with van der Waals surface area (Å²) in [5.74, 6) is -1.41. The minimum Gasteiger partial charge on any atom is -0.462 e. The summed E-state index contributed by atoms with van der Waals surface area (Å²) in [6.45, 7) is 3.00. The number of ether oxygens (including phenoxy) is 2. The number of aliphatic hydroxyl groups excluding tert-OH is 6. The number of aliphatic hydroxyl groups is 6. The van der Waals surface area contributed by atoms with Gasteiger partial charge in [-0.3, -0.25) is 18.6 Å². The number of hydrogen-bond acceptors (Lipinski definition) is 13. The number of esters is 2. The van der Waals surface area contributed by atoms with Gasteiger partial charge < -0.3 is 45.0 Å². The fourth-order valence-corrected chi connectivity index (χ4v) is 7.28. The van der Waals surface area contributed by atoms with E-state index in [-0.39, 0.29) is 25.7 Å². The van der Waals surface area contributed by atoms with Crippen LogP contribution in [0.2, 0.25) is 0 Å². The lowest BCUT2D eigenvalue weighted by atomic mass is 9.85. The molecule has 1 rings (SSSR count). The van der Waals surface area contributed by atoms with Crippen molar-refractivity contribution in [2.75, 3.05) is 13.2 Å². The molecule has 0 saturated heterocycles. The fourth-order valence-electron chi connectivity index (χ4n) is 6.31. The lowest BCUT2D eigenvalue weighted by Gasteiger charge is -2.41. The highest BCUT2D eigenvalue weighted by Crippen LogP contribution is 2.47. The van der Waals surface area contributed by atoms with Gasteiger partial charge in [0.15, 0.2) is 6.10 Å². The first-order valence-corrected chi connectivity index (χ1v) is 25.3. The van der Waals surface area contributed by atoms with Crippen LogP contribution in [0.25, 0.3) is 0 Å². The molecule has 0 radical (unpaired) electrons. The molecule has 1 aliphatic carbocycles. The molecule has 374 valence electrons. The molecule has 0 aliphatic heterocycles. The molecular formula is C51H81O14P. The van der Waals surface area contributed by atoms with E-state index in [4.69, 9.17) is 18.5 Å². The molecule has 0 aromatic carbocycles. The lowest BCUT2D eigenvalue weighted by Crippen LogP contribution is -2.64. The van der Waals surface area contributed by atoms with Crippen LogP contribution in [0.1, 0.15) is 136 Å². The Morgan fingerprint density at radius 2 is 1.00 bits per heavy atom. The number of carbonyl (C=O) groups is 2. The Hall–Kier alpha value is -3.53. The van der Waals surface area contributed by atoms with Crippen molar-refractivity contribution < 1.29 is 68.2 Å². The quantitative estimate of drug-likeness (QED) is 0.0102. The molecule has 0 spiro atoms. The topological polar surface area (TPSA) is 230 Å². The maximum atomic E-state index is 12.8. The van der Waals surface area contributed by atoms with Gasteiger partial charge in [0.1, 0.15) is 43.2 Å². The third-order valence-corrected chi connectivity index (χ3v) is 11.2. The predicted molar refractivity (Wildman–Crippen MR) is 259 cm³/mol. The smallest absolute Gasteiger partial charge is 0.462 e. The highest BCUT2D eigenvalue weighted by atomic mass is 31.2. The molecule has 1 saturated carbocycles. The van der Waals surface area contributed by atoms with Crippen LogP contribution in [0.4, 0.5) is 0 Å². The van der Waals surface area contributed by atoms with Crippen molar-refractivity contribution in [2.24, 2.45) is 0 Å². The Morgan fingerprint density at radius 3 is 1.50 bits per heavy atom. The maximum Gasteiger partial charge on any atom is 0.472 e. The second kappa shape index (κ2) is 39.5. The number of carbonyl (C=O) groups excluding carboxylic acids is 2. The zero-order valence-corrected chi connectivity index (χ0v) is 40.2. The Kier molecular flexibility index (Phi) is 36.2.